The summed E-state index contributed by atoms with van der Waals surface area (Å²) in [6, 6.07) is 5.56. The molecule has 108 valence electrons. The number of benzene rings is 1. The first-order valence-corrected chi connectivity index (χ1v) is 6.39. The van der Waals surface area contributed by atoms with Gasteiger partial charge in [-0.25, -0.2) is 0 Å². The summed E-state index contributed by atoms with van der Waals surface area (Å²) in [5.41, 5.74) is 12.7. The Kier molecular flexibility index (Phi) is 3.85. The molecule has 0 saturated carbocycles. The van der Waals surface area contributed by atoms with Crippen molar-refractivity contribution in [1.82, 2.24) is 5.32 Å². The molecule has 6 nitrogen and oxygen atoms in total. The molecule has 0 fully saturated rings. The highest BCUT2D eigenvalue weighted by Gasteiger charge is 2.28. The van der Waals surface area contributed by atoms with Crippen LogP contribution in [0.2, 0.25) is 0 Å². The van der Waals surface area contributed by atoms with Gasteiger partial charge in [-0.2, -0.15) is 4.99 Å². The fraction of sp³-hybridized carbons (Fsp3) is 0.357. The Balaban J connectivity index is 2.31. The SMILES string of the molecule is COc1ccc(OC2(N)N=C(N)C=CN2)c(C(C)C)c1. The highest BCUT2D eigenvalue weighted by atomic mass is 16.5. The first-order chi connectivity index (χ1) is 9.43. The number of methoxy groups -OCH3 is 1. The third-order valence-corrected chi connectivity index (χ3v) is 2.94. The van der Waals surface area contributed by atoms with E-state index in [1.165, 1.54) is 0 Å². The van der Waals surface area contributed by atoms with Crippen molar-refractivity contribution < 1.29 is 9.47 Å². The van der Waals surface area contributed by atoms with Gasteiger partial charge in [0, 0.05) is 11.8 Å². The molecule has 1 aliphatic rings. The molecule has 1 heterocycles. The summed E-state index contributed by atoms with van der Waals surface area (Å²) in [5, 5.41) is 2.85. The molecule has 1 unspecified atom stereocenters. The molecule has 1 aliphatic heterocycles. The second-order valence-electron chi connectivity index (χ2n) is 4.87. The largest absolute Gasteiger partial charge is 0.497 e. The average Bonchev–Trinajstić information content (AvgIpc) is 2.38. The minimum atomic E-state index is -1.39. The van der Waals surface area contributed by atoms with Crippen LogP contribution in [0, 0.1) is 0 Å². The number of nitrogens with two attached hydrogens (primary N) is 2. The molecule has 0 bridgehead atoms. The van der Waals surface area contributed by atoms with E-state index in [1.807, 2.05) is 18.2 Å². The molecule has 20 heavy (non-hydrogen) atoms. The second-order valence-corrected chi connectivity index (χ2v) is 4.87. The van der Waals surface area contributed by atoms with Gasteiger partial charge in [0.1, 0.15) is 17.3 Å². The number of nitrogens with zero attached hydrogens (tertiary/aromatic N) is 1. The number of rotatable bonds is 4. The van der Waals surface area contributed by atoms with E-state index < -0.39 is 5.97 Å². The van der Waals surface area contributed by atoms with Gasteiger partial charge < -0.3 is 20.5 Å². The number of hydrogen-bond donors (Lipinski definition) is 3. The lowest BCUT2D eigenvalue weighted by atomic mass is 10.0. The van der Waals surface area contributed by atoms with E-state index in [2.05, 4.69) is 24.2 Å². The summed E-state index contributed by atoms with van der Waals surface area (Å²) in [6.07, 6.45) is 3.23. The summed E-state index contributed by atoms with van der Waals surface area (Å²) >= 11 is 0. The third-order valence-electron chi connectivity index (χ3n) is 2.94. The second kappa shape index (κ2) is 5.42. The molecule has 0 saturated heterocycles. The molecule has 0 spiro atoms. The molecule has 0 aromatic heterocycles. The van der Waals surface area contributed by atoms with Crippen LogP contribution in [0.3, 0.4) is 0 Å². The Hall–Kier alpha value is -2.21. The molecular weight excluding hydrogens is 256 g/mol. The fourth-order valence-corrected chi connectivity index (χ4v) is 1.93. The number of amidine groups is 1. The average molecular weight is 276 g/mol. The van der Waals surface area contributed by atoms with Gasteiger partial charge in [-0.05, 0) is 30.2 Å². The van der Waals surface area contributed by atoms with Crippen molar-refractivity contribution >= 4 is 5.84 Å². The molecule has 6 heteroatoms. The highest BCUT2D eigenvalue weighted by Crippen LogP contribution is 2.32. The third kappa shape index (κ3) is 3.03. The van der Waals surface area contributed by atoms with Gasteiger partial charge in [-0.3, -0.25) is 5.73 Å². The fourth-order valence-electron chi connectivity index (χ4n) is 1.93. The lowest BCUT2D eigenvalue weighted by molar-refractivity contribution is 0.0603. The van der Waals surface area contributed by atoms with Gasteiger partial charge >= 0.3 is 5.97 Å². The lowest BCUT2D eigenvalue weighted by Crippen LogP contribution is -2.57. The van der Waals surface area contributed by atoms with Crippen LogP contribution in [0.25, 0.3) is 0 Å². The van der Waals surface area contributed by atoms with Crippen LogP contribution in [-0.2, 0) is 0 Å². The molecule has 1 atom stereocenters. The van der Waals surface area contributed by atoms with Crippen LogP contribution in [0.15, 0.2) is 35.5 Å². The van der Waals surface area contributed by atoms with Gasteiger partial charge in [0.15, 0.2) is 0 Å². The Morgan fingerprint density at radius 3 is 2.70 bits per heavy atom. The molecule has 1 aromatic carbocycles. The van der Waals surface area contributed by atoms with Crippen molar-refractivity contribution in [3.8, 4) is 11.5 Å². The van der Waals surface area contributed by atoms with Crippen LogP contribution >= 0.6 is 0 Å². The van der Waals surface area contributed by atoms with Crippen molar-refractivity contribution in [3.63, 3.8) is 0 Å². The summed E-state index contributed by atoms with van der Waals surface area (Å²) in [7, 11) is 1.63. The van der Waals surface area contributed by atoms with Crippen LogP contribution in [0.4, 0.5) is 0 Å². The van der Waals surface area contributed by atoms with E-state index >= 15 is 0 Å². The standard InChI is InChI=1S/C14H20N4O2/c1-9(2)11-8-10(19-3)4-5-12(11)20-14(16)17-7-6-13(15)18-14/h4-9,17H,16H2,1-3H3,(H2,15,18). The summed E-state index contributed by atoms with van der Waals surface area (Å²) in [4.78, 5) is 4.07. The van der Waals surface area contributed by atoms with Gasteiger partial charge in [0.05, 0.1) is 7.11 Å². The van der Waals surface area contributed by atoms with Gasteiger partial charge in [-0.1, -0.05) is 13.8 Å². The van der Waals surface area contributed by atoms with Gasteiger partial charge in [0.2, 0.25) is 0 Å². The Morgan fingerprint density at radius 1 is 1.35 bits per heavy atom. The molecule has 0 amide bonds. The predicted molar refractivity (Wildman–Crippen MR) is 78.5 cm³/mol. The Bertz CT molecular complexity index is 554. The maximum atomic E-state index is 6.04. The number of ether oxygens (including phenoxy) is 2. The Morgan fingerprint density at radius 2 is 2.10 bits per heavy atom. The smallest absolute Gasteiger partial charge is 0.342 e. The van der Waals surface area contributed by atoms with E-state index in [4.69, 9.17) is 20.9 Å². The zero-order valence-electron chi connectivity index (χ0n) is 11.9. The van der Waals surface area contributed by atoms with Gasteiger partial charge in [0.25, 0.3) is 0 Å². The molecule has 2 rings (SSSR count). The first kappa shape index (κ1) is 14.2. The predicted octanol–water partition coefficient (Wildman–Crippen LogP) is 1.24. The van der Waals surface area contributed by atoms with Crippen LogP contribution < -0.4 is 26.3 Å². The van der Waals surface area contributed by atoms with Crippen molar-refractivity contribution in [2.75, 3.05) is 7.11 Å². The van der Waals surface area contributed by atoms with E-state index in [-0.39, 0.29) is 5.92 Å². The van der Waals surface area contributed by atoms with Crippen molar-refractivity contribution in [1.29, 1.82) is 0 Å². The van der Waals surface area contributed by atoms with Crippen LogP contribution in [0.1, 0.15) is 25.3 Å². The van der Waals surface area contributed by atoms with E-state index in [9.17, 15) is 0 Å². The topological polar surface area (TPSA) is 94.9 Å². The van der Waals surface area contributed by atoms with Crippen LogP contribution in [0.5, 0.6) is 11.5 Å². The maximum absolute atomic E-state index is 6.04. The minimum absolute atomic E-state index is 0.254. The monoisotopic (exact) mass is 276 g/mol. The molecular formula is C14H20N4O2. The maximum Gasteiger partial charge on any atom is 0.342 e. The number of aliphatic imine (C=N–C) groups is 1. The molecule has 5 N–H and O–H groups in total. The molecule has 0 radical (unpaired) electrons. The minimum Gasteiger partial charge on any atom is -0.497 e. The van der Waals surface area contributed by atoms with Crippen molar-refractivity contribution in [2.45, 2.75) is 25.7 Å². The summed E-state index contributed by atoms with van der Waals surface area (Å²) < 4.78 is 11.0. The number of hydrogen-bond acceptors (Lipinski definition) is 6. The van der Waals surface area contributed by atoms with Gasteiger partial charge in [-0.15, -0.1) is 0 Å². The Labute approximate surface area is 118 Å². The van der Waals surface area contributed by atoms with Crippen LogP contribution in [-0.4, -0.2) is 18.9 Å². The summed E-state index contributed by atoms with van der Waals surface area (Å²) in [6.45, 7) is 4.13. The first-order valence-electron chi connectivity index (χ1n) is 6.39. The van der Waals surface area contributed by atoms with Crippen molar-refractivity contribution in [3.05, 3.63) is 36.0 Å². The quantitative estimate of drug-likeness (QED) is 0.719. The zero-order chi connectivity index (χ0) is 14.8. The highest BCUT2D eigenvalue weighted by molar-refractivity contribution is 5.92. The normalized spacial score (nSPS) is 21.4. The zero-order valence-corrected chi connectivity index (χ0v) is 11.9. The van der Waals surface area contributed by atoms with E-state index in [0.717, 1.165) is 11.3 Å². The summed E-state index contributed by atoms with van der Waals surface area (Å²) in [5.74, 6) is 0.584. The lowest BCUT2D eigenvalue weighted by Gasteiger charge is -2.29. The number of nitrogens with one attached hydrogen (secondary N) is 1. The van der Waals surface area contributed by atoms with Crippen molar-refractivity contribution in [2.24, 2.45) is 16.5 Å². The van der Waals surface area contributed by atoms with E-state index in [1.54, 1.807) is 19.4 Å². The molecule has 1 aromatic rings. The van der Waals surface area contributed by atoms with E-state index in [0.29, 0.717) is 11.6 Å². The molecule has 0 aliphatic carbocycles.